The summed E-state index contributed by atoms with van der Waals surface area (Å²) in [5, 5.41) is 9.49. The smallest absolute Gasteiger partial charge is 0.329 e. The molecule has 0 radical (unpaired) electrons. The molecule has 0 saturated carbocycles. The highest BCUT2D eigenvalue weighted by atomic mass is 35.5. The van der Waals surface area contributed by atoms with Crippen molar-refractivity contribution in [2.45, 2.75) is 19.7 Å². The molecule has 1 aliphatic heterocycles. The zero-order valence-electron chi connectivity index (χ0n) is 15.5. The normalized spacial score (nSPS) is 17.0. The van der Waals surface area contributed by atoms with Crippen molar-refractivity contribution in [3.05, 3.63) is 59.1 Å². The number of carbonyl (C=O) groups is 1. The number of benzene rings is 2. The lowest BCUT2D eigenvalue weighted by atomic mass is 9.99. The Balaban J connectivity index is 1.60. The second kappa shape index (κ2) is 9.33. The van der Waals surface area contributed by atoms with E-state index in [0.717, 1.165) is 37.7 Å². The van der Waals surface area contributed by atoms with Crippen LogP contribution in [0.4, 0.5) is 0 Å². The summed E-state index contributed by atoms with van der Waals surface area (Å²) in [5.41, 5.74) is 3.70. The van der Waals surface area contributed by atoms with Crippen molar-refractivity contribution < 1.29 is 14.6 Å². The third-order valence-electron chi connectivity index (χ3n) is 4.94. The van der Waals surface area contributed by atoms with Crippen LogP contribution in [0.1, 0.15) is 12.5 Å². The SMILES string of the molecule is CC(OCC(=O)O)N1CCN(Cc2ccccc2-c2ccc(Cl)cc2)CC1. The zero-order chi connectivity index (χ0) is 19.2. The molecule has 0 amide bonds. The van der Waals surface area contributed by atoms with Gasteiger partial charge < -0.3 is 9.84 Å². The minimum atomic E-state index is -0.931. The molecule has 2 aromatic carbocycles. The molecule has 1 atom stereocenters. The molecular formula is C21H25ClN2O3. The lowest BCUT2D eigenvalue weighted by Gasteiger charge is -2.37. The van der Waals surface area contributed by atoms with Crippen LogP contribution in [-0.4, -0.2) is 59.9 Å². The van der Waals surface area contributed by atoms with Gasteiger partial charge in [-0.1, -0.05) is 48.0 Å². The second-order valence-corrected chi connectivity index (χ2v) is 7.22. The van der Waals surface area contributed by atoms with Gasteiger partial charge in [-0.25, -0.2) is 4.79 Å². The largest absolute Gasteiger partial charge is 0.480 e. The van der Waals surface area contributed by atoms with E-state index in [1.807, 2.05) is 19.1 Å². The van der Waals surface area contributed by atoms with Crippen molar-refractivity contribution in [1.82, 2.24) is 9.80 Å². The Labute approximate surface area is 165 Å². The molecule has 3 rings (SSSR count). The highest BCUT2D eigenvalue weighted by molar-refractivity contribution is 6.30. The van der Waals surface area contributed by atoms with Gasteiger partial charge in [0.1, 0.15) is 12.8 Å². The monoisotopic (exact) mass is 388 g/mol. The van der Waals surface area contributed by atoms with Crippen molar-refractivity contribution in [2.75, 3.05) is 32.8 Å². The van der Waals surface area contributed by atoms with Gasteiger partial charge >= 0.3 is 5.97 Å². The minimum Gasteiger partial charge on any atom is -0.480 e. The van der Waals surface area contributed by atoms with Crippen LogP contribution in [0.2, 0.25) is 5.02 Å². The molecule has 0 aromatic heterocycles. The van der Waals surface area contributed by atoms with Gasteiger partial charge in [-0.2, -0.15) is 0 Å². The Kier molecular flexibility index (Phi) is 6.85. The number of rotatable bonds is 7. The van der Waals surface area contributed by atoms with Gasteiger partial charge in [0.15, 0.2) is 0 Å². The summed E-state index contributed by atoms with van der Waals surface area (Å²) in [6, 6.07) is 16.4. The summed E-state index contributed by atoms with van der Waals surface area (Å²) in [6.07, 6.45) is -0.176. The van der Waals surface area contributed by atoms with Crippen LogP contribution >= 0.6 is 11.6 Å². The average Bonchev–Trinajstić information content (AvgIpc) is 2.68. The molecule has 1 heterocycles. The molecule has 144 valence electrons. The van der Waals surface area contributed by atoms with Crippen LogP contribution in [0.15, 0.2) is 48.5 Å². The molecule has 1 aliphatic rings. The van der Waals surface area contributed by atoms with Gasteiger partial charge in [0.25, 0.3) is 0 Å². The van der Waals surface area contributed by atoms with Gasteiger partial charge in [0.05, 0.1) is 0 Å². The first-order valence-corrected chi connectivity index (χ1v) is 9.54. The highest BCUT2D eigenvalue weighted by Gasteiger charge is 2.22. The van der Waals surface area contributed by atoms with E-state index < -0.39 is 5.97 Å². The molecule has 1 fully saturated rings. The first-order valence-electron chi connectivity index (χ1n) is 9.16. The fraction of sp³-hybridized carbons (Fsp3) is 0.381. The Morgan fingerprint density at radius 3 is 2.44 bits per heavy atom. The number of nitrogens with zero attached hydrogens (tertiary/aromatic N) is 2. The molecule has 0 spiro atoms. The maximum Gasteiger partial charge on any atom is 0.329 e. The van der Waals surface area contributed by atoms with E-state index in [4.69, 9.17) is 21.4 Å². The van der Waals surface area contributed by atoms with Gasteiger partial charge in [-0.05, 0) is 35.7 Å². The predicted molar refractivity (Wildman–Crippen MR) is 107 cm³/mol. The molecule has 1 saturated heterocycles. The fourth-order valence-electron chi connectivity index (χ4n) is 3.39. The Hall–Kier alpha value is -1.92. The number of carboxylic acids is 1. The van der Waals surface area contributed by atoms with E-state index in [9.17, 15) is 4.79 Å². The number of carboxylic acid groups (broad SMARTS) is 1. The number of hydrogen-bond donors (Lipinski definition) is 1. The van der Waals surface area contributed by atoms with Gasteiger partial charge in [0, 0.05) is 37.7 Å². The van der Waals surface area contributed by atoms with Crippen molar-refractivity contribution in [3.63, 3.8) is 0 Å². The van der Waals surface area contributed by atoms with Crippen LogP contribution in [0.5, 0.6) is 0 Å². The lowest BCUT2D eigenvalue weighted by Crippen LogP contribution is -2.50. The van der Waals surface area contributed by atoms with E-state index in [-0.39, 0.29) is 12.8 Å². The summed E-state index contributed by atoms with van der Waals surface area (Å²) in [7, 11) is 0. The molecule has 1 unspecified atom stereocenters. The third-order valence-corrected chi connectivity index (χ3v) is 5.19. The van der Waals surface area contributed by atoms with E-state index >= 15 is 0 Å². The molecule has 6 heteroatoms. The van der Waals surface area contributed by atoms with E-state index in [1.54, 1.807) is 0 Å². The van der Waals surface area contributed by atoms with Gasteiger partial charge in [-0.15, -0.1) is 0 Å². The van der Waals surface area contributed by atoms with Crippen molar-refractivity contribution in [2.24, 2.45) is 0 Å². The Bertz CT molecular complexity index is 758. The van der Waals surface area contributed by atoms with Crippen LogP contribution in [0.25, 0.3) is 11.1 Å². The van der Waals surface area contributed by atoms with Crippen molar-refractivity contribution >= 4 is 17.6 Å². The van der Waals surface area contributed by atoms with Crippen molar-refractivity contribution in [3.8, 4) is 11.1 Å². The Morgan fingerprint density at radius 2 is 1.78 bits per heavy atom. The van der Waals surface area contributed by atoms with Crippen LogP contribution in [0, 0.1) is 0 Å². The Morgan fingerprint density at radius 1 is 1.11 bits per heavy atom. The number of hydrogen-bond acceptors (Lipinski definition) is 4. The molecule has 5 nitrogen and oxygen atoms in total. The zero-order valence-corrected chi connectivity index (χ0v) is 16.2. The standard InChI is InChI=1S/C21H25ClN2O3/c1-16(27-15-21(25)26)24-12-10-23(11-13-24)14-18-4-2-3-5-20(18)17-6-8-19(22)9-7-17/h2-9,16H,10-15H2,1H3,(H,25,26). The van der Waals surface area contributed by atoms with Crippen LogP contribution < -0.4 is 0 Å². The van der Waals surface area contributed by atoms with Crippen molar-refractivity contribution in [1.29, 1.82) is 0 Å². The maximum absolute atomic E-state index is 10.7. The molecular weight excluding hydrogens is 364 g/mol. The number of piperazine rings is 1. The highest BCUT2D eigenvalue weighted by Crippen LogP contribution is 2.26. The average molecular weight is 389 g/mol. The molecule has 0 bridgehead atoms. The fourth-order valence-corrected chi connectivity index (χ4v) is 3.52. The lowest BCUT2D eigenvalue weighted by molar-refractivity contribution is -0.149. The first kappa shape index (κ1) is 19.8. The summed E-state index contributed by atoms with van der Waals surface area (Å²) in [6.45, 7) is 6.13. The van der Waals surface area contributed by atoms with E-state index in [2.05, 4.69) is 46.2 Å². The number of ether oxygens (including phenoxy) is 1. The first-order chi connectivity index (χ1) is 13.0. The van der Waals surface area contributed by atoms with Crippen LogP contribution in [-0.2, 0) is 16.1 Å². The summed E-state index contributed by atoms with van der Waals surface area (Å²) < 4.78 is 5.38. The quantitative estimate of drug-likeness (QED) is 0.785. The van der Waals surface area contributed by atoms with Crippen LogP contribution in [0.3, 0.4) is 0 Å². The topological polar surface area (TPSA) is 53.0 Å². The summed E-state index contributed by atoms with van der Waals surface area (Å²) >= 11 is 6.02. The minimum absolute atomic E-state index is 0.176. The molecule has 2 aromatic rings. The van der Waals surface area contributed by atoms with E-state index in [0.29, 0.717) is 0 Å². The molecule has 1 N–H and O–H groups in total. The third kappa shape index (κ3) is 5.53. The van der Waals surface area contributed by atoms with E-state index in [1.165, 1.54) is 16.7 Å². The predicted octanol–water partition coefficient (Wildman–Crippen LogP) is 3.57. The maximum atomic E-state index is 10.7. The van der Waals surface area contributed by atoms with Gasteiger partial charge in [0.2, 0.25) is 0 Å². The second-order valence-electron chi connectivity index (χ2n) is 6.78. The van der Waals surface area contributed by atoms with Gasteiger partial charge in [-0.3, -0.25) is 9.80 Å². The number of halogens is 1. The summed E-state index contributed by atoms with van der Waals surface area (Å²) in [4.78, 5) is 15.3. The molecule has 0 aliphatic carbocycles. The molecule has 27 heavy (non-hydrogen) atoms. The number of aliphatic carboxylic acids is 1. The summed E-state index contributed by atoms with van der Waals surface area (Å²) in [5.74, 6) is -0.931.